The van der Waals surface area contributed by atoms with Crippen LogP contribution in [0.25, 0.3) is 42.0 Å². The summed E-state index contributed by atoms with van der Waals surface area (Å²) in [6.45, 7) is 0. The Bertz CT molecular complexity index is 2020. The first kappa shape index (κ1) is 22.5. The van der Waals surface area contributed by atoms with Crippen molar-refractivity contribution < 1.29 is 0 Å². The van der Waals surface area contributed by atoms with Crippen LogP contribution in [0.1, 0.15) is 23.6 Å². The monoisotopic (exact) mass is 522 g/mol. The second kappa shape index (κ2) is 8.80. The lowest BCUT2D eigenvalue weighted by atomic mass is 10.1. The summed E-state index contributed by atoms with van der Waals surface area (Å²) in [5.74, 6) is 0.974. The number of hydrogen-bond acceptors (Lipinski definition) is 4. The van der Waals surface area contributed by atoms with Gasteiger partial charge in [0.1, 0.15) is 12.0 Å². The molecule has 0 radical (unpaired) electrons. The Balaban J connectivity index is 1.40. The number of hydrogen-bond donors (Lipinski definition) is 1. The van der Waals surface area contributed by atoms with Crippen molar-refractivity contribution in [1.82, 2.24) is 14.8 Å². The average Bonchev–Trinajstić information content (AvgIpc) is 3.54. The molecule has 4 nitrogen and oxygen atoms in total. The third-order valence-electron chi connectivity index (χ3n) is 7.87. The van der Waals surface area contributed by atoms with Crippen LogP contribution < -0.4 is 5.32 Å². The minimum atomic E-state index is -0.174. The second-order valence-corrected chi connectivity index (χ2v) is 11.2. The van der Waals surface area contributed by atoms with Gasteiger partial charge in [-0.2, -0.15) is 0 Å². The quantitative estimate of drug-likeness (QED) is 0.253. The van der Waals surface area contributed by atoms with E-state index >= 15 is 0 Å². The molecule has 1 N–H and O–H groups in total. The maximum absolute atomic E-state index is 5.22. The van der Waals surface area contributed by atoms with E-state index in [4.69, 9.17) is 4.99 Å². The minimum Gasteiger partial charge on any atom is -0.326 e. The molecule has 0 saturated heterocycles. The summed E-state index contributed by atoms with van der Waals surface area (Å²) in [5, 5.41) is 9.13. The van der Waals surface area contributed by atoms with E-state index in [2.05, 4.69) is 143 Å². The van der Waals surface area contributed by atoms with E-state index in [9.17, 15) is 0 Å². The Morgan fingerprint density at radius 3 is 2.18 bits per heavy atom. The summed E-state index contributed by atoms with van der Waals surface area (Å²) >= 11 is 1.89. The van der Waals surface area contributed by atoms with Gasteiger partial charge in [-0.1, -0.05) is 103 Å². The van der Waals surface area contributed by atoms with E-state index in [1.165, 1.54) is 42.0 Å². The summed E-state index contributed by atoms with van der Waals surface area (Å²) in [6, 6.07) is 43.2. The van der Waals surface area contributed by atoms with Gasteiger partial charge in [-0.15, -0.1) is 11.3 Å². The number of para-hydroxylation sites is 1. The first-order valence-electron chi connectivity index (χ1n) is 13.3. The number of aliphatic imine (C=N–C) groups is 1. The summed E-state index contributed by atoms with van der Waals surface area (Å²) in [5.41, 5.74) is 4.69. The maximum atomic E-state index is 5.22. The molecule has 39 heavy (non-hydrogen) atoms. The van der Waals surface area contributed by atoms with Crippen LogP contribution in [-0.2, 0) is 0 Å². The van der Waals surface area contributed by atoms with Gasteiger partial charge in [0.25, 0.3) is 0 Å². The molecular formula is C34H26N4S. The summed E-state index contributed by atoms with van der Waals surface area (Å²) < 4.78 is 5.13. The molecule has 5 heteroatoms. The van der Waals surface area contributed by atoms with Crippen LogP contribution in [0.2, 0.25) is 0 Å². The number of amidine groups is 1. The molecule has 3 heterocycles. The van der Waals surface area contributed by atoms with Crippen molar-refractivity contribution in [2.45, 2.75) is 12.5 Å². The lowest BCUT2D eigenvalue weighted by Gasteiger charge is -2.40. The molecule has 188 valence electrons. The van der Waals surface area contributed by atoms with Crippen LogP contribution in [0.4, 0.5) is 0 Å². The maximum Gasteiger partial charge on any atom is 0.165 e. The highest BCUT2D eigenvalue weighted by Crippen LogP contribution is 2.43. The molecule has 0 spiro atoms. The summed E-state index contributed by atoms with van der Waals surface area (Å²) in [7, 11) is 2.14. The van der Waals surface area contributed by atoms with Gasteiger partial charge in [-0.25, -0.2) is 4.99 Å². The normalized spacial score (nSPS) is 17.9. The summed E-state index contributed by atoms with van der Waals surface area (Å²) in [6.07, 6.45) is -0.316. The Morgan fingerprint density at radius 1 is 0.667 bits per heavy atom. The fourth-order valence-electron chi connectivity index (χ4n) is 6.07. The van der Waals surface area contributed by atoms with Gasteiger partial charge in [0.2, 0.25) is 0 Å². The van der Waals surface area contributed by atoms with E-state index in [0.29, 0.717) is 0 Å². The zero-order chi connectivity index (χ0) is 25.9. The van der Waals surface area contributed by atoms with E-state index in [1.54, 1.807) is 0 Å². The summed E-state index contributed by atoms with van der Waals surface area (Å²) in [4.78, 5) is 7.50. The van der Waals surface area contributed by atoms with Gasteiger partial charge in [0.05, 0.1) is 11.0 Å². The van der Waals surface area contributed by atoms with Crippen LogP contribution in [0, 0.1) is 0 Å². The molecule has 8 rings (SSSR count). The number of aromatic nitrogens is 1. The van der Waals surface area contributed by atoms with E-state index in [-0.39, 0.29) is 12.5 Å². The van der Waals surface area contributed by atoms with Crippen molar-refractivity contribution in [3.8, 4) is 0 Å². The van der Waals surface area contributed by atoms with E-state index in [0.717, 1.165) is 17.0 Å². The van der Waals surface area contributed by atoms with Crippen molar-refractivity contribution in [3.63, 3.8) is 0 Å². The number of benzene rings is 5. The molecule has 2 atom stereocenters. The highest BCUT2D eigenvalue weighted by Gasteiger charge is 2.32. The zero-order valence-corrected chi connectivity index (χ0v) is 22.3. The van der Waals surface area contributed by atoms with Crippen LogP contribution >= 0.6 is 11.3 Å². The lowest BCUT2D eigenvalue weighted by Crippen LogP contribution is -2.48. The number of nitrogens with one attached hydrogen (secondary N) is 1. The van der Waals surface area contributed by atoms with Crippen molar-refractivity contribution in [2.75, 3.05) is 7.05 Å². The van der Waals surface area contributed by atoms with Crippen molar-refractivity contribution in [2.24, 2.45) is 4.99 Å². The van der Waals surface area contributed by atoms with Gasteiger partial charge in [-0.3, -0.25) is 5.32 Å². The third kappa shape index (κ3) is 3.44. The highest BCUT2D eigenvalue weighted by atomic mass is 32.1. The molecule has 0 aliphatic carbocycles. The van der Waals surface area contributed by atoms with Gasteiger partial charge < -0.3 is 9.47 Å². The zero-order valence-electron chi connectivity index (χ0n) is 21.5. The molecular weight excluding hydrogens is 496 g/mol. The Hall–Kier alpha value is -4.45. The molecule has 2 aromatic heterocycles. The van der Waals surface area contributed by atoms with Crippen molar-refractivity contribution in [3.05, 3.63) is 132 Å². The molecule has 2 unspecified atom stereocenters. The molecule has 5 aromatic carbocycles. The van der Waals surface area contributed by atoms with Crippen LogP contribution in [0.5, 0.6) is 0 Å². The Kier molecular flexibility index (Phi) is 5.08. The number of thiophene rings is 1. The molecule has 0 bridgehead atoms. The first-order valence-corrected chi connectivity index (χ1v) is 14.1. The smallest absolute Gasteiger partial charge is 0.165 e. The molecule has 7 aromatic rings. The van der Waals surface area contributed by atoms with Gasteiger partial charge in [0.15, 0.2) is 6.29 Å². The molecule has 0 saturated carbocycles. The van der Waals surface area contributed by atoms with Crippen LogP contribution in [0.3, 0.4) is 0 Å². The molecule has 1 aliphatic rings. The van der Waals surface area contributed by atoms with E-state index in [1.807, 2.05) is 11.3 Å². The van der Waals surface area contributed by atoms with Gasteiger partial charge in [-0.05, 0) is 23.8 Å². The number of nitrogens with zero attached hydrogens (tertiary/aromatic N) is 3. The fraction of sp³-hybridized carbons (Fsp3) is 0.0882. The highest BCUT2D eigenvalue weighted by molar-refractivity contribution is 7.26. The fourth-order valence-corrected chi connectivity index (χ4v) is 7.33. The predicted octanol–water partition coefficient (Wildman–Crippen LogP) is 8.30. The predicted molar refractivity (Wildman–Crippen MR) is 164 cm³/mol. The standard InChI is InChI=1S/C34H26N4S/c1-37-33(23-14-6-3-7-15-23)35-32(22-12-4-2-5-13-22)36-34(37)38-27-18-10-8-17-26(27)30-28(38)21-20-25-24-16-9-11-19-29(24)39-31(25)30/h2-21,32,34,36H,1H3. The van der Waals surface area contributed by atoms with Crippen molar-refractivity contribution >= 4 is 59.2 Å². The SMILES string of the molecule is CN1C(c2ccccc2)=NC(c2ccccc2)NC1n1c2ccccc2c2c3sc4ccccc4c3ccc21. The first-order chi connectivity index (χ1) is 19.3. The Morgan fingerprint density at radius 2 is 1.36 bits per heavy atom. The van der Waals surface area contributed by atoms with Crippen molar-refractivity contribution in [1.29, 1.82) is 0 Å². The topological polar surface area (TPSA) is 32.6 Å². The number of rotatable bonds is 3. The Labute approximate surface area is 230 Å². The number of fused-ring (bicyclic) bond motifs is 7. The van der Waals surface area contributed by atoms with Gasteiger partial charge in [0, 0.05) is 43.6 Å². The average molecular weight is 523 g/mol. The second-order valence-electron chi connectivity index (χ2n) is 10.1. The minimum absolute atomic E-state index is 0.142. The van der Waals surface area contributed by atoms with E-state index < -0.39 is 0 Å². The molecule has 0 amide bonds. The molecule has 1 aliphatic heterocycles. The lowest BCUT2D eigenvalue weighted by molar-refractivity contribution is 0.190. The van der Waals surface area contributed by atoms with Gasteiger partial charge >= 0.3 is 0 Å². The van der Waals surface area contributed by atoms with Crippen LogP contribution in [-0.4, -0.2) is 22.4 Å². The molecule has 0 fully saturated rings. The third-order valence-corrected chi connectivity index (χ3v) is 9.07. The van der Waals surface area contributed by atoms with Crippen LogP contribution in [0.15, 0.2) is 126 Å². The largest absolute Gasteiger partial charge is 0.326 e.